The summed E-state index contributed by atoms with van der Waals surface area (Å²) in [6, 6.07) is 6.44. The maximum absolute atomic E-state index is 10.3. The van der Waals surface area contributed by atoms with Crippen LogP contribution in [0.3, 0.4) is 0 Å². The van der Waals surface area contributed by atoms with E-state index in [4.69, 9.17) is 9.84 Å². The van der Waals surface area contributed by atoms with Gasteiger partial charge in [-0.15, -0.1) is 0 Å². The molecule has 3 N–H and O–H groups in total. The minimum Gasteiger partial charge on any atom is -0.394 e. The standard InChI is InChI=1S/C17H27NO3/c19-10-12-21-11-9-18-8-7-17(20)16-6-5-14-3-1-2-4-15(14)13-16/h5-6,13,17-20H,1-4,7-12H2. The molecule has 118 valence electrons. The molecule has 0 saturated carbocycles. The molecule has 2 rings (SSSR count). The minimum absolute atomic E-state index is 0.0665. The van der Waals surface area contributed by atoms with E-state index >= 15 is 0 Å². The highest BCUT2D eigenvalue weighted by Gasteiger charge is 2.13. The Labute approximate surface area is 127 Å². The summed E-state index contributed by atoms with van der Waals surface area (Å²) < 4.78 is 5.16. The Bertz CT molecular complexity index is 422. The summed E-state index contributed by atoms with van der Waals surface area (Å²) in [5.41, 5.74) is 3.91. The van der Waals surface area contributed by atoms with Gasteiger partial charge in [0.25, 0.3) is 0 Å². The van der Waals surface area contributed by atoms with Crippen molar-refractivity contribution in [1.82, 2.24) is 5.32 Å². The molecule has 1 aromatic rings. The third kappa shape index (κ3) is 5.40. The maximum atomic E-state index is 10.3. The molecule has 0 saturated heterocycles. The zero-order valence-corrected chi connectivity index (χ0v) is 12.7. The zero-order chi connectivity index (χ0) is 14.9. The average molecular weight is 293 g/mol. The molecular weight excluding hydrogens is 266 g/mol. The number of benzene rings is 1. The first-order valence-corrected chi connectivity index (χ1v) is 8.00. The normalized spacial score (nSPS) is 15.7. The summed E-state index contributed by atoms with van der Waals surface area (Å²) in [5.74, 6) is 0. The van der Waals surface area contributed by atoms with Crippen molar-refractivity contribution in [2.45, 2.75) is 38.2 Å². The maximum Gasteiger partial charge on any atom is 0.0802 e. The van der Waals surface area contributed by atoms with Crippen molar-refractivity contribution in [3.8, 4) is 0 Å². The van der Waals surface area contributed by atoms with E-state index in [-0.39, 0.29) is 6.61 Å². The fraction of sp³-hybridized carbons (Fsp3) is 0.647. The smallest absolute Gasteiger partial charge is 0.0802 e. The monoisotopic (exact) mass is 293 g/mol. The summed E-state index contributed by atoms with van der Waals surface area (Å²) >= 11 is 0. The van der Waals surface area contributed by atoms with E-state index in [9.17, 15) is 5.11 Å². The largest absolute Gasteiger partial charge is 0.394 e. The van der Waals surface area contributed by atoms with E-state index in [1.54, 1.807) is 0 Å². The number of rotatable bonds is 9. The Hall–Kier alpha value is -0.940. The Morgan fingerprint density at radius 1 is 1.10 bits per heavy atom. The van der Waals surface area contributed by atoms with Crippen LogP contribution in [0.25, 0.3) is 0 Å². The number of ether oxygens (including phenoxy) is 1. The van der Waals surface area contributed by atoms with Crippen molar-refractivity contribution in [2.75, 3.05) is 32.9 Å². The molecular formula is C17H27NO3. The van der Waals surface area contributed by atoms with Crippen LogP contribution < -0.4 is 5.32 Å². The highest BCUT2D eigenvalue weighted by atomic mass is 16.5. The van der Waals surface area contributed by atoms with E-state index in [0.717, 1.165) is 25.1 Å². The molecule has 1 unspecified atom stereocenters. The van der Waals surface area contributed by atoms with Gasteiger partial charge in [-0.1, -0.05) is 18.2 Å². The summed E-state index contributed by atoms with van der Waals surface area (Å²) in [4.78, 5) is 0. The second-order valence-electron chi connectivity index (χ2n) is 5.63. The molecule has 0 aromatic heterocycles. The Morgan fingerprint density at radius 3 is 2.71 bits per heavy atom. The number of fused-ring (bicyclic) bond motifs is 1. The summed E-state index contributed by atoms with van der Waals surface area (Å²) in [6.45, 7) is 2.56. The SMILES string of the molecule is OCCOCCNCCC(O)c1ccc2c(c1)CCCC2. The van der Waals surface area contributed by atoms with E-state index in [1.807, 2.05) is 0 Å². The minimum atomic E-state index is -0.400. The molecule has 0 fully saturated rings. The molecule has 1 atom stereocenters. The fourth-order valence-electron chi connectivity index (χ4n) is 2.80. The van der Waals surface area contributed by atoms with Gasteiger partial charge in [-0.2, -0.15) is 0 Å². The Balaban J connectivity index is 1.69. The van der Waals surface area contributed by atoms with Crippen LogP contribution >= 0.6 is 0 Å². The summed E-state index contributed by atoms with van der Waals surface area (Å²) in [5, 5.41) is 22.1. The van der Waals surface area contributed by atoms with E-state index in [0.29, 0.717) is 19.6 Å². The summed E-state index contributed by atoms with van der Waals surface area (Å²) in [6.07, 6.45) is 5.19. The van der Waals surface area contributed by atoms with Crippen LogP contribution in [0.2, 0.25) is 0 Å². The quantitative estimate of drug-likeness (QED) is 0.605. The molecule has 4 nitrogen and oxygen atoms in total. The second-order valence-corrected chi connectivity index (χ2v) is 5.63. The Morgan fingerprint density at radius 2 is 1.90 bits per heavy atom. The van der Waals surface area contributed by atoms with Gasteiger partial charge in [-0.3, -0.25) is 0 Å². The first kappa shape index (κ1) is 16.4. The predicted molar refractivity (Wildman–Crippen MR) is 83.4 cm³/mol. The van der Waals surface area contributed by atoms with Crippen molar-refractivity contribution < 1.29 is 14.9 Å². The third-order valence-corrected chi connectivity index (χ3v) is 4.01. The van der Waals surface area contributed by atoms with Crippen molar-refractivity contribution in [3.63, 3.8) is 0 Å². The van der Waals surface area contributed by atoms with Gasteiger partial charge in [0.1, 0.15) is 0 Å². The third-order valence-electron chi connectivity index (χ3n) is 4.01. The second kappa shape index (κ2) is 9.15. The number of aliphatic hydroxyl groups is 2. The van der Waals surface area contributed by atoms with Gasteiger partial charge in [0.15, 0.2) is 0 Å². The summed E-state index contributed by atoms with van der Waals surface area (Å²) in [7, 11) is 0. The lowest BCUT2D eigenvalue weighted by Gasteiger charge is -2.19. The van der Waals surface area contributed by atoms with Gasteiger partial charge in [-0.25, -0.2) is 0 Å². The van der Waals surface area contributed by atoms with Crippen molar-refractivity contribution in [3.05, 3.63) is 34.9 Å². The van der Waals surface area contributed by atoms with Gasteiger partial charge in [0, 0.05) is 6.54 Å². The van der Waals surface area contributed by atoms with Crippen LogP contribution in [-0.2, 0) is 17.6 Å². The van der Waals surface area contributed by atoms with Crippen LogP contribution in [0.5, 0.6) is 0 Å². The van der Waals surface area contributed by atoms with Crippen LogP contribution in [0.15, 0.2) is 18.2 Å². The lowest BCUT2D eigenvalue weighted by molar-refractivity contribution is 0.0930. The van der Waals surface area contributed by atoms with Crippen LogP contribution in [0.4, 0.5) is 0 Å². The van der Waals surface area contributed by atoms with E-state index in [1.165, 1.54) is 30.4 Å². The lowest BCUT2D eigenvalue weighted by Crippen LogP contribution is -2.23. The number of hydrogen-bond acceptors (Lipinski definition) is 4. The van der Waals surface area contributed by atoms with Crippen molar-refractivity contribution >= 4 is 0 Å². The number of nitrogens with one attached hydrogen (secondary N) is 1. The van der Waals surface area contributed by atoms with Crippen LogP contribution in [-0.4, -0.2) is 43.1 Å². The molecule has 0 radical (unpaired) electrons. The number of aliphatic hydroxyl groups excluding tert-OH is 2. The highest BCUT2D eigenvalue weighted by molar-refractivity contribution is 5.34. The molecule has 21 heavy (non-hydrogen) atoms. The van der Waals surface area contributed by atoms with Crippen LogP contribution in [0, 0.1) is 0 Å². The first-order valence-electron chi connectivity index (χ1n) is 8.00. The van der Waals surface area contributed by atoms with Crippen molar-refractivity contribution in [2.24, 2.45) is 0 Å². The molecule has 0 aliphatic heterocycles. The number of hydrogen-bond donors (Lipinski definition) is 3. The van der Waals surface area contributed by atoms with E-state index in [2.05, 4.69) is 23.5 Å². The molecule has 0 heterocycles. The predicted octanol–water partition coefficient (Wildman–Crippen LogP) is 1.59. The Kier molecular flexibility index (Phi) is 7.16. The highest BCUT2D eigenvalue weighted by Crippen LogP contribution is 2.25. The molecule has 1 aromatic carbocycles. The van der Waals surface area contributed by atoms with Gasteiger partial charge in [-0.05, 0) is 55.3 Å². The fourth-order valence-corrected chi connectivity index (χ4v) is 2.80. The molecule has 0 amide bonds. The average Bonchev–Trinajstić information content (AvgIpc) is 2.53. The topological polar surface area (TPSA) is 61.7 Å². The van der Waals surface area contributed by atoms with Crippen molar-refractivity contribution in [1.29, 1.82) is 0 Å². The van der Waals surface area contributed by atoms with Gasteiger partial charge in [0.05, 0.1) is 25.9 Å². The van der Waals surface area contributed by atoms with Crippen LogP contribution in [0.1, 0.15) is 42.1 Å². The van der Waals surface area contributed by atoms with E-state index < -0.39 is 6.10 Å². The zero-order valence-electron chi connectivity index (χ0n) is 12.7. The molecule has 0 bridgehead atoms. The van der Waals surface area contributed by atoms with Gasteiger partial charge < -0.3 is 20.3 Å². The first-order chi connectivity index (χ1) is 10.3. The molecule has 1 aliphatic rings. The molecule has 0 spiro atoms. The lowest BCUT2D eigenvalue weighted by atomic mass is 9.89. The van der Waals surface area contributed by atoms with Gasteiger partial charge >= 0.3 is 0 Å². The number of aryl methyl sites for hydroxylation is 2. The molecule has 4 heteroatoms. The van der Waals surface area contributed by atoms with Gasteiger partial charge in [0.2, 0.25) is 0 Å². The molecule has 1 aliphatic carbocycles.